The minimum atomic E-state index is -0.748. The van der Waals surface area contributed by atoms with Crippen molar-refractivity contribution in [1.82, 2.24) is 15.0 Å². The average molecular weight is 274 g/mol. The molecule has 0 saturated heterocycles. The fraction of sp³-hybridized carbons (Fsp3) is 0.143. The first-order valence-electron chi connectivity index (χ1n) is 5.88. The van der Waals surface area contributed by atoms with Gasteiger partial charge in [0.1, 0.15) is 11.8 Å². The van der Waals surface area contributed by atoms with Crippen molar-refractivity contribution in [2.24, 2.45) is 0 Å². The number of aliphatic hydroxyl groups is 1. The van der Waals surface area contributed by atoms with E-state index in [1.165, 1.54) is 0 Å². The monoisotopic (exact) mass is 273 g/mol. The van der Waals surface area contributed by atoms with Crippen molar-refractivity contribution in [2.75, 3.05) is 0 Å². The SMILES string of the molecule is Cc1ccc(C(O)c2c[nH]c3ncc(Cl)cc23)cn1. The molecular formula is C14H12ClN3O. The number of hydrogen-bond donors (Lipinski definition) is 2. The zero-order valence-corrected chi connectivity index (χ0v) is 11.0. The van der Waals surface area contributed by atoms with Crippen molar-refractivity contribution in [2.45, 2.75) is 13.0 Å². The van der Waals surface area contributed by atoms with Crippen LogP contribution in [0.1, 0.15) is 22.9 Å². The number of fused-ring (bicyclic) bond motifs is 1. The molecule has 0 aliphatic carbocycles. The first-order chi connectivity index (χ1) is 9.15. The number of aromatic amines is 1. The second-order valence-electron chi connectivity index (χ2n) is 4.43. The second kappa shape index (κ2) is 4.64. The summed E-state index contributed by atoms with van der Waals surface area (Å²) in [5, 5.41) is 11.8. The summed E-state index contributed by atoms with van der Waals surface area (Å²) in [6, 6.07) is 5.53. The Morgan fingerprint density at radius 3 is 2.84 bits per heavy atom. The van der Waals surface area contributed by atoms with Crippen LogP contribution in [0.15, 0.2) is 36.8 Å². The van der Waals surface area contributed by atoms with Crippen molar-refractivity contribution in [3.05, 3.63) is 58.6 Å². The number of hydrogen-bond acceptors (Lipinski definition) is 3. The molecule has 0 amide bonds. The summed E-state index contributed by atoms with van der Waals surface area (Å²) in [5.41, 5.74) is 3.11. The third-order valence-electron chi connectivity index (χ3n) is 3.07. The van der Waals surface area contributed by atoms with E-state index < -0.39 is 6.10 Å². The number of nitrogens with zero attached hydrogens (tertiary/aromatic N) is 2. The van der Waals surface area contributed by atoms with Crippen LogP contribution in [0.3, 0.4) is 0 Å². The minimum absolute atomic E-state index is 0.544. The Morgan fingerprint density at radius 1 is 1.26 bits per heavy atom. The molecule has 5 heteroatoms. The molecule has 0 aliphatic rings. The topological polar surface area (TPSA) is 61.8 Å². The smallest absolute Gasteiger partial charge is 0.137 e. The van der Waals surface area contributed by atoms with Crippen LogP contribution < -0.4 is 0 Å². The van der Waals surface area contributed by atoms with E-state index in [0.717, 1.165) is 22.2 Å². The molecule has 1 unspecified atom stereocenters. The number of aromatic nitrogens is 3. The van der Waals surface area contributed by atoms with Gasteiger partial charge in [0.25, 0.3) is 0 Å². The van der Waals surface area contributed by atoms with Gasteiger partial charge in [-0.1, -0.05) is 17.7 Å². The summed E-state index contributed by atoms with van der Waals surface area (Å²) in [4.78, 5) is 11.4. The molecule has 3 aromatic heterocycles. The number of H-pyrrole nitrogens is 1. The summed E-state index contributed by atoms with van der Waals surface area (Å²) in [5.74, 6) is 0. The molecule has 3 rings (SSSR count). The van der Waals surface area contributed by atoms with Crippen molar-refractivity contribution < 1.29 is 5.11 Å². The lowest BCUT2D eigenvalue weighted by molar-refractivity contribution is 0.221. The molecule has 0 fully saturated rings. The van der Waals surface area contributed by atoms with Gasteiger partial charge >= 0.3 is 0 Å². The van der Waals surface area contributed by atoms with Crippen LogP contribution in [0.4, 0.5) is 0 Å². The van der Waals surface area contributed by atoms with Gasteiger partial charge < -0.3 is 10.1 Å². The van der Waals surface area contributed by atoms with Crippen LogP contribution in [-0.4, -0.2) is 20.1 Å². The van der Waals surface area contributed by atoms with E-state index in [0.29, 0.717) is 10.7 Å². The number of aliphatic hydroxyl groups excluding tert-OH is 1. The van der Waals surface area contributed by atoms with Gasteiger partial charge in [-0.05, 0) is 19.1 Å². The normalized spacial score (nSPS) is 12.8. The molecule has 0 spiro atoms. The number of nitrogens with one attached hydrogen (secondary N) is 1. The summed E-state index contributed by atoms with van der Waals surface area (Å²) >= 11 is 5.95. The molecule has 0 saturated carbocycles. The minimum Gasteiger partial charge on any atom is -0.384 e. The Morgan fingerprint density at radius 2 is 2.11 bits per heavy atom. The van der Waals surface area contributed by atoms with E-state index in [1.807, 2.05) is 19.1 Å². The molecule has 0 radical (unpaired) electrons. The molecular weight excluding hydrogens is 262 g/mol. The van der Waals surface area contributed by atoms with Crippen LogP contribution in [0.25, 0.3) is 11.0 Å². The average Bonchev–Trinajstić information content (AvgIpc) is 2.81. The van der Waals surface area contributed by atoms with Gasteiger partial charge in [0.2, 0.25) is 0 Å². The molecule has 0 bridgehead atoms. The maximum atomic E-state index is 10.4. The van der Waals surface area contributed by atoms with E-state index in [9.17, 15) is 5.11 Å². The van der Waals surface area contributed by atoms with Gasteiger partial charge in [0.15, 0.2) is 0 Å². The van der Waals surface area contributed by atoms with Crippen molar-refractivity contribution in [3.8, 4) is 0 Å². The summed E-state index contributed by atoms with van der Waals surface area (Å²) in [6.45, 7) is 1.91. The highest BCUT2D eigenvalue weighted by Crippen LogP contribution is 2.29. The summed E-state index contributed by atoms with van der Waals surface area (Å²) in [7, 11) is 0. The van der Waals surface area contributed by atoms with Crippen LogP contribution in [-0.2, 0) is 0 Å². The fourth-order valence-electron chi connectivity index (χ4n) is 2.04. The molecule has 2 N–H and O–H groups in total. The third-order valence-corrected chi connectivity index (χ3v) is 3.28. The van der Waals surface area contributed by atoms with Gasteiger partial charge in [0, 0.05) is 40.8 Å². The lowest BCUT2D eigenvalue weighted by atomic mass is 10.0. The van der Waals surface area contributed by atoms with Crippen LogP contribution in [0.5, 0.6) is 0 Å². The third kappa shape index (κ3) is 2.20. The van der Waals surface area contributed by atoms with Crippen LogP contribution in [0, 0.1) is 6.92 Å². The lowest BCUT2D eigenvalue weighted by Gasteiger charge is -2.09. The highest BCUT2D eigenvalue weighted by atomic mass is 35.5. The second-order valence-corrected chi connectivity index (χ2v) is 4.87. The van der Waals surface area contributed by atoms with Crippen molar-refractivity contribution in [3.63, 3.8) is 0 Å². The Balaban J connectivity index is 2.08. The van der Waals surface area contributed by atoms with E-state index in [4.69, 9.17) is 11.6 Å². The highest BCUT2D eigenvalue weighted by molar-refractivity contribution is 6.31. The quantitative estimate of drug-likeness (QED) is 0.754. The number of halogens is 1. The van der Waals surface area contributed by atoms with Crippen molar-refractivity contribution >= 4 is 22.6 Å². The molecule has 19 heavy (non-hydrogen) atoms. The summed E-state index contributed by atoms with van der Waals surface area (Å²) < 4.78 is 0. The molecule has 0 aliphatic heterocycles. The Kier molecular flexibility index (Phi) is 2.97. The summed E-state index contributed by atoms with van der Waals surface area (Å²) in [6.07, 6.45) is 4.25. The van der Waals surface area contributed by atoms with Crippen LogP contribution in [0.2, 0.25) is 5.02 Å². The molecule has 0 aromatic carbocycles. The largest absolute Gasteiger partial charge is 0.384 e. The van der Waals surface area contributed by atoms with Crippen LogP contribution >= 0.6 is 11.6 Å². The van der Waals surface area contributed by atoms with Gasteiger partial charge in [-0.3, -0.25) is 4.98 Å². The van der Waals surface area contributed by atoms with E-state index in [2.05, 4.69) is 15.0 Å². The van der Waals surface area contributed by atoms with E-state index in [1.54, 1.807) is 24.7 Å². The maximum absolute atomic E-state index is 10.4. The Labute approximate surface area is 115 Å². The molecule has 3 aromatic rings. The maximum Gasteiger partial charge on any atom is 0.137 e. The van der Waals surface area contributed by atoms with E-state index in [-0.39, 0.29) is 0 Å². The van der Waals surface area contributed by atoms with Gasteiger partial charge in [-0.25, -0.2) is 4.98 Å². The highest BCUT2D eigenvalue weighted by Gasteiger charge is 2.16. The number of rotatable bonds is 2. The zero-order chi connectivity index (χ0) is 13.4. The zero-order valence-electron chi connectivity index (χ0n) is 10.3. The van der Waals surface area contributed by atoms with Crippen molar-refractivity contribution in [1.29, 1.82) is 0 Å². The van der Waals surface area contributed by atoms with E-state index >= 15 is 0 Å². The number of pyridine rings is 2. The van der Waals surface area contributed by atoms with Gasteiger partial charge in [0.05, 0.1) is 5.02 Å². The molecule has 4 nitrogen and oxygen atoms in total. The lowest BCUT2D eigenvalue weighted by Crippen LogP contribution is -1.99. The molecule has 1 atom stereocenters. The van der Waals surface area contributed by atoms with Gasteiger partial charge in [-0.2, -0.15) is 0 Å². The van der Waals surface area contributed by atoms with Gasteiger partial charge in [-0.15, -0.1) is 0 Å². The predicted octanol–water partition coefficient (Wildman–Crippen LogP) is 3.00. The fourth-order valence-corrected chi connectivity index (χ4v) is 2.20. The standard InChI is InChI=1S/C14H12ClN3O/c1-8-2-3-9(5-16-8)13(19)12-7-18-14-11(12)4-10(15)6-17-14/h2-7,13,19H,1H3,(H,17,18). The Bertz CT molecular complexity index is 721. The predicted molar refractivity (Wildman–Crippen MR) is 74.1 cm³/mol. The number of aryl methyl sites for hydroxylation is 1. The molecule has 3 heterocycles. The first-order valence-corrected chi connectivity index (χ1v) is 6.26. The first kappa shape index (κ1) is 12.1. The Hall–Kier alpha value is -1.91. The molecule has 96 valence electrons.